The van der Waals surface area contributed by atoms with Gasteiger partial charge in [0, 0.05) is 58.7 Å². The average Bonchev–Trinajstić information content (AvgIpc) is 3.09. The molecule has 0 amide bonds. The molecule has 1 aliphatic heterocycles. The van der Waals surface area contributed by atoms with Crippen molar-refractivity contribution in [3.63, 3.8) is 0 Å². The third-order valence-corrected chi connectivity index (χ3v) is 5.67. The van der Waals surface area contributed by atoms with Crippen molar-refractivity contribution in [2.45, 2.75) is 0 Å². The molecule has 0 radical (unpaired) electrons. The highest BCUT2D eigenvalue weighted by molar-refractivity contribution is 7.86. The van der Waals surface area contributed by atoms with Crippen molar-refractivity contribution in [3.05, 3.63) is 30.9 Å². The predicted octanol–water partition coefficient (Wildman–Crippen LogP) is -0.409. The van der Waals surface area contributed by atoms with E-state index in [-0.39, 0.29) is 0 Å². The minimum absolute atomic E-state index is 0.432. The first kappa shape index (κ1) is 15.8. The van der Waals surface area contributed by atoms with Crippen LogP contribution in [0.3, 0.4) is 0 Å². The van der Waals surface area contributed by atoms with Gasteiger partial charge in [-0.25, -0.2) is 14.6 Å². The quantitative estimate of drug-likeness (QED) is 0.754. The zero-order valence-electron chi connectivity index (χ0n) is 13.1. The van der Waals surface area contributed by atoms with Crippen molar-refractivity contribution in [2.24, 2.45) is 0 Å². The Bertz CT molecular complexity index is 752. The molecule has 10 heteroatoms. The van der Waals surface area contributed by atoms with E-state index < -0.39 is 10.2 Å². The van der Waals surface area contributed by atoms with Crippen molar-refractivity contribution >= 4 is 16.0 Å². The normalized spacial score (nSPS) is 16.9. The molecule has 0 unspecified atom stereocenters. The third kappa shape index (κ3) is 3.19. The Morgan fingerprint density at radius 2 is 1.78 bits per heavy atom. The number of hydrogen-bond donors (Lipinski definition) is 0. The summed E-state index contributed by atoms with van der Waals surface area (Å²) in [6, 6.07) is 3.68. The summed E-state index contributed by atoms with van der Waals surface area (Å²) in [5, 5.41) is 4.15. The lowest BCUT2D eigenvalue weighted by Crippen LogP contribution is -2.51. The van der Waals surface area contributed by atoms with Crippen LogP contribution >= 0.6 is 0 Å². The molecule has 9 nitrogen and oxygen atoms in total. The zero-order chi connectivity index (χ0) is 16.4. The van der Waals surface area contributed by atoms with Gasteiger partial charge in [-0.3, -0.25) is 0 Å². The van der Waals surface area contributed by atoms with E-state index in [0.29, 0.717) is 32.0 Å². The van der Waals surface area contributed by atoms with Gasteiger partial charge < -0.3 is 4.90 Å². The van der Waals surface area contributed by atoms with Gasteiger partial charge in [-0.1, -0.05) is 0 Å². The van der Waals surface area contributed by atoms with Gasteiger partial charge in [0.25, 0.3) is 10.2 Å². The maximum atomic E-state index is 12.1. The van der Waals surface area contributed by atoms with E-state index in [4.69, 9.17) is 0 Å². The number of aromatic nitrogens is 4. The van der Waals surface area contributed by atoms with Crippen molar-refractivity contribution in [1.29, 1.82) is 0 Å². The lowest BCUT2D eigenvalue weighted by atomic mass is 10.3. The zero-order valence-corrected chi connectivity index (χ0v) is 13.9. The number of rotatable bonds is 4. The van der Waals surface area contributed by atoms with Crippen LogP contribution in [0.2, 0.25) is 0 Å². The lowest BCUT2D eigenvalue weighted by Gasteiger charge is -2.35. The van der Waals surface area contributed by atoms with Crippen LogP contribution in [-0.4, -0.2) is 77.1 Å². The summed E-state index contributed by atoms with van der Waals surface area (Å²) in [6.07, 6.45) is 5.00. The van der Waals surface area contributed by atoms with E-state index >= 15 is 0 Å². The second-order valence-corrected chi connectivity index (χ2v) is 7.50. The fourth-order valence-corrected chi connectivity index (χ4v) is 3.51. The minimum Gasteiger partial charge on any atom is -0.354 e. The Hall–Kier alpha value is -2.04. The Morgan fingerprint density at radius 3 is 2.39 bits per heavy atom. The summed E-state index contributed by atoms with van der Waals surface area (Å²) in [5.74, 6) is 1.45. The molecule has 0 saturated carbocycles. The number of hydrogen-bond acceptors (Lipinski definition) is 6. The summed E-state index contributed by atoms with van der Waals surface area (Å²) in [6.45, 7) is 2.04. The van der Waals surface area contributed by atoms with Crippen molar-refractivity contribution in [3.8, 4) is 5.82 Å². The van der Waals surface area contributed by atoms with Gasteiger partial charge in [0.1, 0.15) is 12.1 Å². The van der Waals surface area contributed by atoms with E-state index in [0.717, 1.165) is 5.82 Å². The maximum absolute atomic E-state index is 12.1. The molecule has 1 fully saturated rings. The van der Waals surface area contributed by atoms with Crippen LogP contribution < -0.4 is 4.90 Å². The predicted molar refractivity (Wildman–Crippen MR) is 85.5 cm³/mol. The van der Waals surface area contributed by atoms with Crippen LogP contribution in [0, 0.1) is 0 Å². The molecular formula is C13H19N7O2S. The van der Waals surface area contributed by atoms with Gasteiger partial charge in [-0.2, -0.15) is 22.1 Å². The van der Waals surface area contributed by atoms with Crippen LogP contribution in [-0.2, 0) is 10.2 Å². The maximum Gasteiger partial charge on any atom is 0.281 e. The fourth-order valence-electron chi connectivity index (χ4n) is 2.42. The van der Waals surface area contributed by atoms with Gasteiger partial charge in [-0.15, -0.1) is 0 Å². The van der Waals surface area contributed by atoms with Crippen LogP contribution in [0.15, 0.2) is 30.9 Å². The van der Waals surface area contributed by atoms with Crippen LogP contribution in [0.25, 0.3) is 5.82 Å². The summed E-state index contributed by atoms with van der Waals surface area (Å²) in [7, 11) is -0.268. The molecule has 2 aromatic heterocycles. The number of anilines is 1. The van der Waals surface area contributed by atoms with Crippen molar-refractivity contribution in [1.82, 2.24) is 28.4 Å². The molecule has 2 aromatic rings. The molecule has 23 heavy (non-hydrogen) atoms. The Balaban J connectivity index is 1.72. The minimum atomic E-state index is -3.36. The lowest BCUT2D eigenvalue weighted by molar-refractivity contribution is 0.355. The van der Waals surface area contributed by atoms with Gasteiger partial charge in [-0.05, 0) is 6.07 Å². The second kappa shape index (κ2) is 6.22. The summed E-state index contributed by atoms with van der Waals surface area (Å²) in [4.78, 5) is 10.5. The van der Waals surface area contributed by atoms with Crippen LogP contribution in [0.4, 0.5) is 5.82 Å². The molecule has 124 valence electrons. The SMILES string of the molecule is CN(C)S(=O)(=O)N1CCN(c2cc(-n3cccn3)ncn2)CC1. The third-order valence-electron chi connectivity index (χ3n) is 3.73. The molecule has 3 heterocycles. The highest BCUT2D eigenvalue weighted by Gasteiger charge is 2.29. The van der Waals surface area contributed by atoms with Crippen LogP contribution in [0.1, 0.15) is 0 Å². The number of nitrogens with zero attached hydrogens (tertiary/aromatic N) is 7. The Labute approximate surface area is 135 Å². The summed E-state index contributed by atoms with van der Waals surface area (Å²) < 4.78 is 28.7. The Morgan fingerprint density at radius 1 is 1.09 bits per heavy atom. The molecule has 1 aliphatic rings. The molecule has 0 aliphatic carbocycles. The highest BCUT2D eigenvalue weighted by Crippen LogP contribution is 2.17. The van der Waals surface area contributed by atoms with Crippen LogP contribution in [0.5, 0.6) is 0 Å². The van der Waals surface area contributed by atoms with E-state index in [1.165, 1.54) is 14.9 Å². The first-order valence-corrected chi connectivity index (χ1v) is 8.63. The van der Waals surface area contributed by atoms with Gasteiger partial charge in [0.05, 0.1) is 0 Å². The molecular weight excluding hydrogens is 318 g/mol. The molecule has 0 atom stereocenters. The largest absolute Gasteiger partial charge is 0.354 e. The van der Waals surface area contributed by atoms with Gasteiger partial charge in [0.15, 0.2) is 5.82 Å². The fraction of sp³-hybridized carbons (Fsp3) is 0.462. The van der Waals surface area contributed by atoms with Gasteiger partial charge >= 0.3 is 0 Å². The molecule has 3 rings (SSSR count). The second-order valence-electron chi connectivity index (χ2n) is 5.36. The summed E-state index contributed by atoms with van der Waals surface area (Å²) >= 11 is 0. The number of piperazine rings is 1. The van der Waals surface area contributed by atoms with E-state index in [9.17, 15) is 8.42 Å². The van der Waals surface area contributed by atoms with E-state index in [1.807, 2.05) is 18.3 Å². The highest BCUT2D eigenvalue weighted by atomic mass is 32.2. The molecule has 0 N–H and O–H groups in total. The molecule has 0 aromatic carbocycles. The molecule has 1 saturated heterocycles. The van der Waals surface area contributed by atoms with Gasteiger partial charge in [0.2, 0.25) is 0 Å². The smallest absolute Gasteiger partial charge is 0.281 e. The van der Waals surface area contributed by atoms with E-state index in [2.05, 4.69) is 20.0 Å². The van der Waals surface area contributed by atoms with E-state index in [1.54, 1.807) is 25.0 Å². The van der Waals surface area contributed by atoms with Crippen molar-refractivity contribution in [2.75, 3.05) is 45.2 Å². The molecule has 0 bridgehead atoms. The first-order chi connectivity index (χ1) is 11.0. The topological polar surface area (TPSA) is 87.5 Å². The summed E-state index contributed by atoms with van der Waals surface area (Å²) in [5.41, 5.74) is 0. The Kier molecular flexibility index (Phi) is 4.28. The average molecular weight is 337 g/mol. The molecule has 0 spiro atoms. The van der Waals surface area contributed by atoms with Crippen molar-refractivity contribution < 1.29 is 8.42 Å². The monoisotopic (exact) mass is 337 g/mol. The first-order valence-electron chi connectivity index (χ1n) is 7.23. The standard InChI is InChI=1S/C13H19N7O2S/c1-17(2)23(21,22)19-8-6-18(7-9-19)12-10-13(15-11-14-12)20-5-3-4-16-20/h3-5,10-11H,6-9H2,1-2H3.